The topological polar surface area (TPSA) is 83.8 Å². The fourth-order valence-electron chi connectivity index (χ4n) is 1.92. The summed E-state index contributed by atoms with van der Waals surface area (Å²) in [6.45, 7) is 5.98. The smallest absolute Gasteiger partial charge is 0.280 e. The molecule has 0 bridgehead atoms. The maximum Gasteiger partial charge on any atom is 0.280 e. The van der Waals surface area contributed by atoms with Crippen molar-refractivity contribution < 1.29 is 9.32 Å². The van der Waals surface area contributed by atoms with Gasteiger partial charge < -0.3 is 9.51 Å². The van der Waals surface area contributed by atoms with Crippen LogP contribution in [0.4, 0.5) is 5.95 Å². The van der Waals surface area contributed by atoms with Gasteiger partial charge in [0, 0.05) is 11.5 Å². The maximum atomic E-state index is 12.1. The molecule has 0 aliphatic heterocycles. The number of nitrogens with one attached hydrogen (secondary N) is 2. The third kappa shape index (κ3) is 2.65. The summed E-state index contributed by atoms with van der Waals surface area (Å²) in [6, 6.07) is 9.21. The second kappa shape index (κ2) is 4.73. The number of imidazole rings is 1. The van der Waals surface area contributed by atoms with E-state index in [1.807, 2.05) is 45.0 Å². The Bertz CT molecular complexity index is 762. The third-order valence-corrected chi connectivity index (χ3v) is 3.10. The van der Waals surface area contributed by atoms with Crippen molar-refractivity contribution in [3.63, 3.8) is 0 Å². The van der Waals surface area contributed by atoms with E-state index in [4.69, 9.17) is 4.52 Å². The van der Waals surface area contributed by atoms with Crippen LogP contribution in [-0.2, 0) is 5.41 Å². The van der Waals surface area contributed by atoms with Crippen LogP contribution in [-0.4, -0.2) is 21.0 Å². The molecule has 2 aromatic heterocycles. The predicted octanol–water partition coefficient (Wildman–Crippen LogP) is 3.10. The average molecular weight is 284 g/mol. The van der Waals surface area contributed by atoms with Gasteiger partial charge in [0.1, 0.15) is 5.76 Å². The van der Waals surface area contributed by atoms with Gasteiger partial charge in [0.15, 0.2) is 5.69 Å². The van der Waals surface area contributed by atoms with Crippen molar-refractivity contribution in [2.75, 3.05) is 5.32 Å². The molecule has 0 aliphatic carbocycles. The summed E-state index contributed by atoms with van der Waals surface area (Å²) >= 11 is 0. The summed E-state index contributed by atoms with van der Waals surface area (Å²) in [4.78, 5) is 19.5. The summed E-state index contributed by atoms with van der Waals surface area (Å²) in [5.74, 6) is 0.701. The van der Waals surface area contributed by atoms with Crippen LogP contribution in [0.2, 0.25) is 0 Å². The Balaban J connectivity index is 1.81. The lowest BCUT2D eigenvalue weighted by atomic mass is 9.93. The first-order chi connectivity index (χ1) is 9.93. The Morgan fingerprint density at radius 1 is 1.29 bits per heavy atom. The summed E-state index contributed by atoms with van der Waals surface area (Å²) in [5, 5.41) is 6.49. The molecule has 3 rings (SSSR count). The van der Waals surface area contributed by atoms with Gasteiger partial charge in [-0.25, -0.2) is 4.98 Å². The van der Waals surface area contributed by atoms with Crippen molar-refractivity contribution in [3.8, 4) is 0 Å². The minimum Gasteiger partial charge on any atom is -0.360 e. The number of para-hydroxylation sites is 2. The highest BCUT2D eigenvalue weighted by molar-refractivity contribution is 6.02. The number of rotatable bonds is 2. The number of carbonyl (C=O) groups excluding carboxylic acids is 1. The van der Waals surface area contributed by atoms with Crippen LogP contribution in [0.5, 0.6) is 0 Å². The van der Waals surface area contributed by atoms with Crippen LogP contribution in [0.15, 0.2) is 34.9 Å². The van der Waals surface area contributed by atoms with E-state index < -0.39 is 0 Å². The highest BCUT2D eigenvalue weighted by Crippen LogP contribution is 2.23. The zero-order valence-corrected chi connectivity index (χ0v) is 12.1. The Labute approximate surface area is 121 Å². The third-order valence-electron chi connectivity index (χ3n) is 3.10. The standard InChI is InChI=1S/C15H16N4O2/c1-15(2,3)12-8-11(19-21-12)13(20)18-14-16-9-6-4-5-7-10(9)17-14/h4-8H,1-3H3,(H2,16,17,18,20). The van der Waals surface area contributed by atoms with Crippen LogP contribution < -0.4 is 5.32 Å². The molecule has 0 aliphatic rings. The Morgan fingerprint density at radius 2 is 2.05 bits per heavy atom. The SMILES string of the molecule is CC(C)(C)c1cc(C(=O)Nc2nc3ccccc3[nH]2)no1. The number of benzene rings is 1. The molecule has 2 N–H and O–H groups in total. The minimum atomic E-state index is -0.353. The van der Waals surface area contributed by atoms with E-state index in [2.05, 4.69) is 20.4 Å². The molecule has 21 heavy (non-hydrogen) atoms. The molecule has 0 atom stereocenters. The van der Waals surface area contributed by atoms with Gasteiger partial charge in [-0.05, 0) is 12.1 Å². The van der Waals surface area contributed by atoms with Crippen LogP contribution in [0.25, 0.3) is 11.0 Å². The molecule has 3 aromatic rings. The van der Waals surface area contributed by atoms with Gasteiger partial charge >= 0.3 is 0 Å². The summed E-state index contributed by atoms with van der Waals surface area (Å²) in [7, 11) is 0. The molecule has 0 spiro atoms. The summed E-state index contributed by atoms with van der Waals surface area (Å²) in [5.41, 5.74) is 1.71. The average Bonchev–Trinajstić information content (AvgIpc) is 3.04. The molecular weight excluding hydrogens is 268 g/mol. The number of aromatic nitrogens is 3. The van der Waals surface area contributed by atoms with Gasteiger partial charge in [-0.3, -0.25) is 10.1 Å². The molecule has 0 fully saturated rings. The van der Waals surface area contributed by atoms with Gasteiger partial charge in [0.25, 0.3) is 5.91 Å². The zero-order valence-electron chi connectivity index (χ0n) is 12.1. The van der Waals surface area contributed by atoms with Crippen LogP contribution in [0.1, 0.15) is 37.0 Å². The fraction of sp³-hybridized carbons (Fsp3) is 0.267. The Morgan fingerprint density at radius 3 is 2.71 bits per heavy atom. The molecule has 1 amide bonds. The van der Waals surface area contributed by atoms with Gasteiger partial charge in [-0.2, -0.15) is 0 Å². The number of carbonyl (C=O) groups is 1. The summed E-state index contributed by atoms with van der Waals surface area (Å²) < 4.78 is 5.21. The first-order valence-electron chi connectivity index (χ1n) is 6.67. The van der Waals surface area contributed by atoms with Crippen molar-refractivity contribution in [1.82, 2.24) is 15.1 Å². The number of anilines is 1. The number of H-pyrrole nitrogens is 1. The first-order valence-corrected chi connectivity index (χ1v) is 6.67. The monoisotopic (exact) mass is 284 g/mol. The van der Waals surface area contributed by atoms with Crippen LogP contribution in [0.3, 0.4) is 0 Å². The highest BCUT2D eigenvalue weighted by Gasteiger charge is 2.22. The lowest BCUT2D eigenvalue weighted by Crippen LogP contribution is -2.13. The molecule has 0 unspecified atom stereocenters. The lowest BCUT2D eigenvalue weighted by Gasteiger charge is -2.11. The largest absolute Gasteiger partial charge is 0.360 e. The lowest BCUT2D eigenvalue weighted by molar-refractivity contribution is 0.101. The van der Waals surface area contributed by atoms with Crippen molar-refractivity contribution in [2.24, 2.45) is 0 Å². The van der Waals surface area contributed by atoms with E-state index in [1.165, 1.54) is 0 Å². The number of aromatic amines is 1. The van der Waals surface area contributed by atoms with E-state index in [0.29, 0.717) is 11.7 Å². The fourth-order valence-corrected chi connectivity index (χ4v) is 1.92. The van der Waals surface area contributed by atoms with E-state index >= 15 is 0 Å². The molecule has 1 aromatic carbocycles. The van der Waals surface area contributed by atoms with E-state index in [-0.39, 0.29) is 17.0 Å². The molecule has 2 heterocycles. The van der Waals surface area contributed by atoms with Gasteiger partial charge in [-0.15, -0.1) is 0 Å². The number of hydrogen-bond donors (Lipinski definition) is 2. The number of fused-ring (bicyclic) bond motifs is 1. The molecule has 0 radical (unpaired) electrons. The quantitative estimate of drug-likeness (QED) is 0.757. The minimum absolute atomic E-state index is 0.190. The van der Waals surface area contributed by atoms with E-state index in [0.717, 1.165) is 11.0 Å². The van der Waals surface area contributed by atoms with Gasteiger partial charge in [-0.1, -0.05) is 38.1 Å². The molecule has 108 valence electrons. The second-order valence-corrected chi connectivity index (χ2v) is 5.88. The molecule has 0 saturated heterocycles. The van der Waals surface area contributed by atoms with Crippen molar-refractivity contribution >= 4 is 22.9 Å². The molecule has 6 heteroatoms. The second-order valence-electron chi connectivity index (χ2n) is 5.88. The van der Waals surface area contributed by atoms with E-state index in [9.17, 15) is 4.79 Å². The van der Waals surface area contributed by atoms with Crippen LogP contribution >= 0.6 is 0 Å². The van der Waals surface area contributed by atoms with Crippen molar-refractivity contribution in [2.45, 2.75) is 26.2 Å². The number of hydrogen-bond acceptors (Lipinski definition) is 4. The first kappa shape index (κ1) is 13.4. The van der Waals surface area contributed by atoms with Crippen LogP contribution in [0, 0.1) is 0 Å². The predicted molar refractivity (Wildman–Crippen MR) is 79.2 cm³/mol. The maximum absolute atomic E-state index is 12.1. The molecular formula is C15H16N4O2. The Hall–Kier alpha value is -2.63. The van der Waals surface area contributed by atoms with Crippen molar-refractivity contribution in [1.29, 1.82) is 0 Å². The van der Waals surface area contributed by atoms with Gasteiger partial charge in [0.2, 0.25) is 5.95 Å². The van der Waals surface area contributed by atoms with Gasteiger partial charge in [0.05, 0.1) is 11.0 Å². The zero-order chi connectivity index (χ0) is 15.0. The normalized spacial score (nSPS) is 11.8. The molecule has 6 nitrogen and oxygen atoms in total. The van der Waals surface area contributed by atoms with Crippen molar-refractivity contribution in [3.05, 3.63) is 41.8 Å². The molecule has 0 saturated carbocycles. The summed E-state index contributed by atoms with van der Waals surface area (Å²) in [6.07, 6.45) is 0. The highest BCUT2D eigenvalue weighted by atomic mass is 16.5. The number of nitrogens with zero attached hydrogens (tertiary/aromatic N) is 2. The van der Waals surface area contributed by atoms with E-state index in [1.54, 1.807) is 6.07 Å². The number of amides is 1. The Kier molecular flexibility index (Phi) is 3.01.